The van der Waals surface area contributed by atoms with Crippen molar-refractivity contribution in [1.29, 1.82) is 0 Å². The zero-order chi connectivity index (χ0) is 21.2. The smallest absolute Gasteiger partial charge is 0.322 e. The van der Waals surface area contributed by atoms with Gasteiger partial charge in [0.1, 0.15) is 5.82 Å². The number of hydrogen-bond acceptors (Lipinski definition) is 6. The molecular formula is C19H22ClF2N5O2. The summed E-state index contributed by atoms with van der Waals surface area (Å²) in [6.07, 6.45) is 0.788. The number of carbonyl (C=O) groups is 1. The van der Waals surface area contributed by atoms with Gasteiger partial charge in [-0.2, -0.15) is 13.8 Å². The lowest BCUT2D eigenvalue weighted by atomic mass is 10.0. The maximum absolute atomic E-state index is 13.1. The number of hydrogen-bond donors (Lipinski definition) is 2. The van der Waals surface area contributed by atoms with E-state index >= 15 is 0 Å². The molecule has 2 aromatic rings. The first-order valence-corrected chi connectivity index (χ1v) is 9.47. The minimum Gasteiger partial charge on any atom is -0.379 e. The van der Waals surface area contributed by atoms with Gasteiger partial charge in [-0.3, -0.25) is 4.79 Å². The van der Waals surface area contributed by atoms with E-state index < -0.39 is 11.8 Å². The largest absolute Gasteiger partial charge is 0.379 e. The monoisotopic (exact) mass is 425 g/mol. The molecule has 0 saturated carbocycles. The van der Waals surface area contributed by atoms with Crippen LogP contribution in [0.3, 0.4) is 0 Å². The molecule has 1 aliphatic heterocycles. The second kappa shape index (κ2) is 8.46. The van der Waals surface area contributed by atoms with Gasteiger partial charge in [0.05, 0.1) is 12.6 Å². The quantitative estimate of drug-likeness (QED) is 0.777. The minimum atomic E-state index is -3.48. The molecule has 1 saturated heterocycles. The third kappa shape index (κ3) is 5.10. The first kappa shape index (κ1) is 21.2. The molecule has 0 spiro atoms. The van der Waals surface area contributed by atoms with Crippen molar-refractivity contribution >= 4 is 35.0 Å². The van der Waals surface area contributed by atoms with Gasteiger partial charge in [-0.25, -0.2) is 4.98 Å². The summed E-state index contributed by atoms with van der Waals surface area (Å²) in [5.41, 5.74) is 7.46. The van der Waals surface area contributed by atoms with Crippen molar-refractivity contribution in [2.45, 2.75) is 32.2 Å². The molecule has 3 rings (SSSR count). The van der Waals surface area contributed by atoms with Gasteiger partial charge in [-0.1, -0.05) is 17.7 Å². The number of rotatable bonds is 4. The summed E-state index contributed by atoms with van der Waals surface area (Å²) in [6, 6.07) is 6.24. The summed E-state index contributed by atoms with van der Waals surface area (Å²) >= 11 is 6.45. The van der Waals surface area contributed by atoms with Gasteiger partial charge in [-0.15, -0.1) is 0 Å². The molecule has 0 aliphatic carbocycles. The molecule has 3 N–H and O–H groups in total. The Bertz CT molecular complexity index is 886. The fourth-order valence-corrected chi connectivity index (χ4v) is 3.45. The van der Waals surface area contributed by atoms with Gasteiger partial charge in [0, 0.05) is 42.5 Å². The molecule has 1 fully saturated rings. The number of aryl methyl sites for hydroxylation is 1. The standard InChI is InChI=1S/C19H22ClF2N5O2/c1-11-8-16(26-18(23)24-11)27-6-3-7-29-10-15(27)13-5-4-12(9-14(13)20)25-17(28)19(2,21)22/h4-5,8-9,15H,3,6-7,10H2,1-2H3,(H,25,28)(H2,23,24,26). The molecule has 1 aromatic carbocycles. The van der Waals surface area contributed by atoms with Crippen LogP contribution in [0, 0.1) is 6.92 Å². The highest BCUT2D eigenvalue weighted by Gasteiger charge is 2.32. The second-order valence-electron chi connectivity index (χ2n) is 6.94. The van der Waals surface area contributed by atoms with E-state index in [1.54, 1.807) is 6.07 Å². The Labute approximate surface area is 172 Å². The third-order valence-corrected chi connectivity index (χ3v) is 4.84. The van der Waals surface area contributed by atoms with E-state index in [0.717, 1.165) is 17.7 Å². The summed E-state index contributed by atoms with van der Waals surface area (Å²) in [5.74, 6) is -4.05. The van der Waals surface area contributed by atoms with Crippen LogP contribution in [0.4, 0.5) is 26.2 Å². The number of amides is 1. The Morgan fingerprint density at radius 3 is 2.79 bits per heavy atom. The SMILES string of the molecule is Cc1cc(N2CCCOCC2c2ccc(NC(=O)C(C)(F)F)cc2Cl)nc(N)n1. The van der Waals surface area contributed by atoms with Crippen LogP contribution in [0.2, 0.25) is 5.02 Å². The number of nitrogens with one attached hydrogen (secondary N) is 1. The average Bonchev–Trinajstić information content (AvgIpc) is 2.86. The van der Waals surface area contributed by atoms with Crippen molar-refractivity contribution in [3.63, 3.8) is 0 Å². The number of ether oxygens (including phenoxy) is 1. The molecule has 1 aliphatic rings. The number of benzene rings is 1. The molecule has 156 valence electrons. The Hall–Kier alpha value is -2.52. The number of alkyl halides is 2. The van der Waals surface area contributed by atoms with Crippen molar-refractivity contribution in [2.24, 2.45) is 0 Å². The lowest BCUT2D eigenvalue weighted by Gasteiger charge is -2.31. The third-order valence-electron chi connectivity index (χ3n) is 4.51. The Morgan fingerprint density at radius 1 is 1.38 bits per heavy atom. The predicted octanol–water partition coefficient (Wildman–Crippen LogP) is 3.58. The normalized spacial score (nSPS) is 17.7. The molecule has 1 unspecified atom stereocenters. The molecule has 0 bridgehead atoms. The number of halogens is 3. The summed E-state index contributed by atoms with van der Waals surface area (Å²) in [6.45, 7) is 3.98. The van der Waals surface area contributed by atoms with E-state index in [9.17, 15) is 13.6 Å². The second-order valence-corrected chi connectivity index (χ2v) is 7.35. The summed E-state index contributed by atoms with van der Waals surface area (Å²) in [4.78, 5) is 22.0. The maximum Gasteiger partial charge on any atom is 0.322 e. The highest BCUT2D eigenvalue weighted by atomic mass is 35.5. The van der Waals surface area contributed by atoms with Crippen molar-refractivity contribution in [2.75, 3.05) is 35.7 Å². The van der Waals surface area contributed by atoms with E-state index in [4.69, 9.17) is 22.1 Å². The van der Waals surface area contributed by atoms with Crippen molar-refractivity contribution in [3.8, 4) is 0 Å². The highest BCUT2D eigenvalue weighted by molar-refractivity contribution is 6.31. The fraction of sp³-hybridized carbons (Fsp3) is 0.421. The van der Waals surface area contributed by atoms with Crippen LogP contribution >= 0.6 is 11.6 Å². The topological polar surface area (TPSA) is 93.4 Å². The van der Waals surface area contributed by atoms with Crippen LogP contribution in [-0.4, -0.2) is 41.6 Å². The number of nitrogens with two attached hydrogens (primary N) is 1. The molecule has 7 nitrogen and oxygen atoms in total. The zero-order valence-electron chi connectivity index (χ0n) is 16.1. The molecule has 2 heterocycles. The summed E-state index contributed by atoms with van der Waals surface area (Å²) < 4.78 is 32.0. The number of aromatic nitrogens is 2. The fourth-order valence-electron chi connectivity index (χ4n) is 3.15. The molecule has 1 aromatic heterocycles. The molecule has 0 radical (unpaired) electrons. The zero-order valence-corrected chi connectivity index (χ0v) is 16.8. The minimum absolute atomic E-state index is 0.175. The van der Waals surface area contributed by atoms with Crippen LogP contribution in [0.25, 0.3) is 0 Å². The lowest BCUT2D eigenvalue weighted by Crippen LogP contribution is -2.32. The van der Waals surface area contributed by atoms with Crippen LogP contribution in [0.1, 0.15) is 30.6 Å². The van der Waals surface area contributed by atoms with Crippen molar-refractivity contribution in [3.05, 3.63) is 40.5 Å². The van der Waals surface area contributed by atoms with Gasteiger partial charge in [0.2, 0.25) is 5.95 Å². The maximum atomic E-state index is 13.1. The van der Waals surface area contributed by atoms with Gasteiger partial charge in [0.25, 0.3) is 5.91 Å². The molecule has 1 amide bonds. The van der Waals surface area contributed by atoms with Crippen molar-refractivity contribution in [1.82, 2.24) is 9.97 Å². The van der Waals surface area contributed by atoms with E-state index in [1.165, 1.54) is 12.1 Å². The molecule has 1 atom stereocenters. The summed E-state index contributed by atoms with van der Waals surface area (Å²) in [5, 5.41) is 2.49. The van der Waals surface area contributed by atoms with Crippen LogP contribution < -0.4 is 16.0 Å². The highest BCUT2D eigenvalue weighted by Crippen LogP contribution is 2.34. The molecule has 29 heavy (non-hydrogen) atoms. The van der Waals surface area contributed by atoms with Gasteiger partial charge in [-0.05, 0) is 31.0 Å². The molecule has 10 heteroatoms. The van der Waals surface area contributed by atoms with Gasteiger partial charge < -0.3 is 20.7 Å². The van der Waals surface area contributed by atoms with E-state index in [2.05, 4.69) is 15.3 Å². The average molecular weight is 426 g/mol. The Morgan fingerprint density at radius 2 is 2.14 bits per heavy atom. The number of nitrogens with zero attached hydrogens (tertiary/aromatic N) is 3. The van der Waals surface area contributed by atoms with E-state index in [-0.39, 0.29) is 17.7 Å². The van der Waals surface area contributed by atoms with Crippen LogP contribution in [-0.2, 0) is 9.53 Å². The van der Waals surface area contributed by atoms with Crippen LogP contribution in [0.15, 0.2) is 24.3 Å². The number of nitrogen functional groups attached to an aromatic ring is 1. The lowest BCUT2D eigenvalue weighted by molar-refractivity contribution is -0.137. The first-order valence-electron chi connectivity index (χ1n) is 9.09. The van der Waals surface area contributed by atoms with Gasteiger partial charge in [0.15, 0.2) is 0 Å². The predicted molar refractivity (Wildman–Crippen MR) is 107 cm³/mol. The first-order chi connectivity index (χ1) is 13.6. The Kier molecular flexibility index (Phi) is 6.18. The number of anilines is 3. The van der Waals surface area contributed by atoms with Crippen LogP contribution in [0.5, 0.6) is 0 Å². The van der Waals surface area contributed by atoms with Crippen molar-refractivity contribution < 1.29 is 18.3 Å². The molecular weight excluding hydrogens is 404 g/mol. The summed E-state index contributed by atoms with van der Waals surface area (Å²) in [7, 11) is 0. The van der Waals surface area contributed by atoms with Gasteiger partial charge >= 0.3 is 5.92 Å². The number of carbonyl (C=O) groups excluding carboxylic acids is 1. The Balaban J connectivity index is 1.92. The van der Waals surface area contributed by atoms with E-state index in [0.29, 0.717) is 37.5 Å². The van der Waals surface area contributed by atoms with E-state index in [1.807, 2.05) is 17.9 Å².